The first kappa shape index (κ1) is 14.7. The Hall–Kier alpha value is -0.360. The van der Waals surface area contributed by atoms with E-state index in [1.807, 2.05) is 4.90 Å². The minimum Gasteiger partial charge on any atom is -0.376 e. The first-order valence-electron chi connectivity index (χ1n) is 6.23. The first-order valence-corrected chi connectivity index (χ1v) is 8.35. The Labute approximate surface area is 109 Å². The molecule has 0 bridgehead atoms. The zero-order chi connectivity index (χ0) is 12.9. The van der Waals surface area contributed by atoms with Gasteiger partial charge in [-0.25, -0.2) is 8.42 Å². The van der Waals surface area contributed by atoms with Gasteiger partial charge in [0.2, 0.25) is 0 Å². The highest BCUT2D eigenvalue weighted by molar-refractivity contribution is 7.92. The Bertz CT molecular complexity index is 346. The van der Waals surface area contributed by atoms with E-state index in [1.54, 1.807) is 0 Å². The van der Waals surface area contributed by atoms with Gasteiger partial charge in [-0.15, -0.1) is 0 Å². The number of piperidine rings is 1. The van der Waals surface area contributed by atoms with E-state index < -0.39 is 9.84 Å². The zero-order valence-corrected chi connectivity index (χ0v) is 12.0. The van der Waals surface area contributed by atoms with Gasteiger partial charge < -0.3 is 10.6 Å². The van der Waals surface area contributed by atoms with Crippen molar-refractivity contribution in [3.8, 4) is 0 Å². The molecule has 0 aromatic heterocycles. The highest BCUT2D eigenvalue weighted by Gasteiger charge is 2.29. The van der Waals surface area contributed by atoms with Gasteiger partial charge in [-0.1, -0.05) is 19.8 Å². The minimum atomic E-state index is -2.92. The van der Waals surface area contributed by atoms with E-state index in [4.69, 9.17) is 18.0 Å². The second-order valence-electron chi connectivity index (χ2n) is 4.60. The average molecular weight is 278 g/mol. The van der Waals surface area contributed by atoms with Crippen molar-refractivity contribution < 1.29 is 8.42 Å². The molecular formula is C11H22N2O2S2. The molecule has 100 valence electrons. The number of nitrogens with zero attached hydrogens (tertiary/aromatic N) is 1. The van der Waals surface area contributed by atoms with E-state index in [0.29, 0.717) is 36.8 Å². The molecule has 1 rings (SSSR count). The van der Waals surface area contributed by atoms with Gasteiger partial charge in [0.1, 0.15) is 0 Å². The van der Waals surface area contributed by atoms with Crippen molar-refractivity contribution in [2.75, 3.05) is 18.8 Å². The summed E-state index contributed by atoms with van der Waals surface area (Å²) in [4.78, 5) is 1.88. The van der Waals surface area contributed by atoms with Crippen molar-refractivity contribution >= 4 is 27.2 Å². The van der Waals surface area contributed by atoms with Gasteiger partial charge in [0, 0.05) is 13.1 Å². The third-order valence-electron chi connectivity index (χ3n) is 3.29. The average Bonchev–Trinajstić information content (AvgIpc) is 2.29. The van der Waals surface area contributed by atoms with Crippen LogP contribution in [0.3, 0.4) is 0 Å². The molecule has 17 heavy (non-hydrogen) atoms. The van der Waals surface area contributed by atoms with Gasteiger partial charge in [0.15, 0.2) is 14.9 Å². The molecule has 0 aliphatic carbocycles. The summed E-state index contributed by atoms with van der Waals surface area (Å²) in [5.74, 6) is 0.332. The number of sulfone groups is 1. The summed E-state index contributed by atoms with van der Waals surface area (Å²) < 4.78 is 24.1. The van der Waals surface area contributed by atoms with Crippen molar-refractivity contribution in [3.63, 3.8) is 0 Å². The molecule has 2 N–H and O–H groups in total. The number of unbranched alkanes of at least 4 members (excludes halogenated alkanes) is 2. The monoisotopic (exact) mass is 278 g/mol. The maximum atomic E-state index is 12.1. The Kier molecular flexibility index (Phi) is 5.66. The summed E-state index contributed by atoms with van der Waals surface area (Å²) in [5.41, 5.74) is 5.53. The first-order chi connectivity index (χ1) is 7.97. The number of nitrogens with two attached hydrogens (primary N) is 1. The van der Waals surface area contributed by atoms with Gasteiger partial charge in [0.05, 0.1) is 11.0 Å². The largest absolute Gasteiger partial charge is 0.376 e. The van der Waals surface area contributed by atoms with Gasteiger partial charge in [-0.3, -0.25) is 0 Å². The lowest BCUT2D eigenvalue weighted by atomic mass is 10.1. The van der Waals surface area contributed by atoms with Gasteiger partial charge >= 0.3 is 0 Å². The number of rotatable bonds is 5. The topological polar surface area (TPSA) is 63.4 Å². The second kappa shape index (κ2) is 6.54. The van der Waals surface area contributed by atoms with Crippen LogP contribution in [0.15, 0.2) is 0 Å². The van der Waals surface area contributed by atoms with Crippen LogP contribution in [-0.4, -0.2) is 42.5 Å². The van der Waals surface area contributed by atoms with Crippen LogP contribution < -0.4 is 5.73 Å². The minimum absolute atomic E-state index is 0.190. The van der Waals surface area contributed by atoms with Crippen molar-refractivity contribution in [1.29, 1.82) is 0 Å². The van der Waals surface area contributed by atoms with Crippen LogP contribution in [0.5, 0.6) is 0 Å². The SMILES string of the molecule is CCCCCS(=O)(=O)C1CCN(C(N)=S)CC1. The summed E-state index contributed by atoms with van der Waals surface area (Å²) in [6.45, 7) is 3.42. The number of likely N-dealkylation sites (tertiary alicyclic amines) is 1. The fourth-order valence-corrected chi connectivity index (χ4v) is 4.21. The van der Waals surface area contributed by atoms with Crippen molar-refractivity contribution in [2.24, 2.45) is 5.73 Å². The van der Waals surface area contributed by atoms with E-state index in [9.17, 15) is 8.42 Å². The summed E-state index contributed by atoms with van der Waals surface area (Å²) >= 11 is 4.89. The van der Waals surface area contributed by atoms with E-state index >= 15 is 0 Å². The number of thiocarbonyl (C=S) groups is 1. The van der Waals surface area contributed by atoms with Crippen LogP contribution >= 0.6 is 12.2 Å². The highest BCUT2D eigenvalue weighted by atomic mass is 32.2. The molecule has 0 amide bonds. The predicted octanol–water partition coefficient (Wildman–Crippen LogP) is 1.30. The van der Waals surface area contributed by atoms with Crippen LogP contribution in [0, 0.1) is 0 Å². The Morgan fingerprint density at radius 2 is 1.94 bits per heavy atom. The molecular weight excluding hydrogens is 256 g/mol. The molecule has 0 unspecified atom stereocenters. The zero-order valence-electron chi connectivity index (χ0n) is 10.4. The predicted molar refractivity (Wildman–Crippen MR) is 74.7 cm³/mol. The highest BCUT2D eigenvalue weighted by Crippen LogP contribution is 2.19. The van der Waals surface area contributed by atoms with Crippen molar-refractivity contribution in [3.05, 3.63) is 0 Å². The van der Waals surface area contributed by atoms with E-state index in [-0.39, 0.29) is 5.25 Å². The third kappa shape index (κ3) is 4.43. The standard InChI is InChI=1S/C11H22N2O2S2/c1-2-3-4-9-17(14,15)10-5-7-13(8-6-10)11(12)16/h10H,2-9H2,1H3,(H2,12,16). The lowest BCUT2D eigenvalue weighted by molar-refractivity contribution is 0.343. The molecule has 0 saturated carbocycles. The molecule has 0 radical (unpaired) electrons. The second-order valence-corrected chi connectivity index (χ2v) is 7.42. The fraction of sp³-hybridized carbons (Fsp3) is 0.909. The van der Waals surface area contributed by atoms with E-state index in [0.717, 1.165) is 19.3 Å². The molecule has 6 heteroatoms. The third-order valence-corrected chi connectivity index (χ3v) is 5.90. The van der Waals surface area contributed by atoms with Gasteiger partial charge in [-0.2, -0.15) is 0 Å². The lowest BCUT2D eigenvalue weighted by Crippen LogP contribution is -2.45. The van der Waals surface area contributed by atoms with Crippen molar-refractivity contribution in [2.45, 2.75) is 44.3 Å². The van der Waals surface area contributed by atoms with Crippen LogP contribution in [0.4, 0.5) is 0 Å². The molecule has 1 aliphatic rings. The summed E-state index contributed by atoms with van der Waals surface area (Å²) in [6, 6.07) is 0. The Morgan fingerprint density at radius 1 is 1.35 bits per heavy atom. The van der Waals surface area contributed by atoms with Crippen LogP contribution in [0.25, 0.3) is 0 Å². The molecule has 1 fully saturated rings. The van der Waals surface area contributed by atoms with Crippen LogP contribution in [-0.2, 0) is 9.84 Å². The Morgan fingerprint density at radius 3 is 2.41 bits per heavy atom. The molecule has 0 aromatic rings. The van der Waals surface area contributed by atoms with Crippen LogP contribution in [0.1, 0.15) is 39.0 Å². The molecule has 0 atom stereocenters. The molecule has 4 nitrogen and oxygen atoms in total. The summed E-state index contributed by atoms with van der Waals surface area (Å²) in [6.07, 6.45) is 4.15. The quantitative estimate of drug-likeness (QED) is 0.606. The normalized spacial score (nSPS) is 18.3. The lowest BCUT2D eigenvalue weighted by Gasteiger charge is -2.31. The van der Waals surface area contributed by atoms with Crippen molar-refractivity contribution in [1.82, 2.24) is 4.90 Å². The van der Waals surface area contributed by atoms with Crippen LogP contribution in [0.2, 0.25) is 0 Å². The molecule has 1 aliphatic heterocycles. The number of hydrogen-bond donors (Lipinski definition) is 1. The molecule has 0 spiro atoms. The maximum Gasteiger partial charge on any atom is 0.166 e. The van der Waals surface area contributed by atoms with Gasteiger partial charge in [0.25, 0.3) is 0 Å². The number of hydrogen-bond acceptors (Lipinski definition) is 3. The smallest absolute Gasteiger partial charge is 0.166 e. The van der Waals surface area contributed by atoms with E-state index in [2.05, 4.69) is 6.92 Å². The molecule has 1 heterocycles. The van der Waals surface area contributed by atoms with E-state index in [1.165, 1.54) is 0 Å². The van der Waals surface area contributed by atoms with Gasteiger partial charge in [-0.05, 0) is 31.5 Å². The molecule has 0 aromatic carbocycles. The fourth-order valence-electron chi connectivity index (χ4n) is 2.16. The Balaban J connectivity index is 2.44. The molecule has 1 saturated heterocycles. The maximum absolute atomic E-state index is 12.1. The summed E-state index contributed by atoms with van der Waals surface area (Å²) in [5, 5.41) is 0.191. The summed E-state index contributed by atoms with van der Waals surface area (Å²) in [7, 11) is -2.92.